The van der Waals surface area contributed by atoms with Gasteiger partial charge in [0.2, 0.25) is 0 Å². The fourth-order valence-corrected chi connectivity index (χ4v) is 3.25. The largest absolute Gasteiger partial charge is 0.269 e. The number of benzene rings is 2. The summed E-state index contributed by atoms with van der Waals surface area (Å²) in [5.74, 6) is 0. The van der Waals surface area contributed by atoms with Gasteiger partial charge in [0, 0.05) is 5.56 Å². The fraction of sp³-hybridized carbons (Fsp3) is 0.125. The third-order valence-electron chi connectivity index (χ3n) is 3.64. The second kappa shape index (κ2) is 3.90. The Morgan fingerprint density at radius 2 is 1.89 bits per heavy atom. The smallest absolute Gasteiger partial charge is 0.192 e. The van der Waals surface area contributed by atoms with E-state index in [1.54, 1.807) is 0 Å². The topological polar surface area (TPSA) is 17.1 Å². The van der Waals surface area contributed by atoms with Gasteiger partial charge in [0.1, 0.15) is 0 Å². The first-order chi connectivity index (χ1) is 8.63. The van der Waals surface area contributed by atoms with E-state index in [1.165, 1.54) is 16.5 Å². The molecule has 0 spiro atoms. The molecule has 0 unspecified atom stereocenters. The van der Waals surface area contributed by atoms with Crippen LogP contribution in [-0.2, 0) is 4.57 Å². The first-order valence-corrected chi connectivity index (χ1v) is 6.70. The summed E-state index contributed by atoms with van der Waals surface area (Å²) in [5, 5.41) is 3.20. The Morgan fingerprint density at radius 3 is 2.61 bits per heavy atom. The number of aryl methyl sites for hydroxylation is 1. The van der Waals surface area contributed by atoms with Crippen molar-refractivity contribution < 1.29 is 4.57 Å². The average molecular weight is 252 g/mol. The molecule has 0 aliphatic heterocycles. The minimum absolute atomic E-state index is 0.0557. The predicted molar refractivity (Wildman–Crippen MR) is 78.6 cm³/mol. The standard InChI is InChI=1S/C16H13OP/c1-9-4-5-13-10(2)8-11(3)15-14(18-17)7-6-12(9)16(13)15/h4-7H,2-3,8H2,1H3. The van der Waals surface area contributed by atoms with Crippen molar-refractivity contribution in [3.63, 3.8) is 0 Å². The van der Waals surface area contributed by atoms with Crippen LogP contribution in [0.1, 0.15) is 23.1 Å². The van der Waals surface area contributed by atoms with Gasteiger partial charge < -0.3 is 0 Å². The van der Waals surface area contributed by atoms with Crippen molar-refractivity contribution in [3.05, 3.63) is 54.1 Å². The van der Waals surface area contributed by atoms with Gasteiger partial charge in [0.05, 0.1) is 5.30 Å². The molecule has 0 heterocycles. The van der Waals surface area contributed by atoms with Gasteiger partial charge in [0.15, 0.2) is 8.46 Å². The van der Waals surface area contributed by atoms with Crippen LogP contribution in [0, 0.1) is 6.92 Å². The van der Waals surface area contributed by atoms with E-state index in [0.29, 0.717) is 0 Å². The van der Waals surface area contributed by atoms with Crippen LogP contribution in [0.15, 0.2) is 37.4 Å². The number of hydrogen-bond acceptors (Lipinski definition) is 1. The second-order valence-electron chi connectivity index (χ2n) is 4.79. The molecule has 0 radical (unpaired) electrons. The minimum Gasteiger partial charge on any atom is -0.269 e. The molecular formula is C16H13OP. The first kappa shape index (κ1) is 11.4. The van der Waals surface area contributed by atoms with Gasteiger partial charge in [-0.1, -0.05) is 31.4 Å². The normalized spacial score (nSPS) is 14.5. The molecule has 1 aliphatic carbocycles. The molecule has 18 heavy (non-hydrogen) atoms. The lowest BCUT2D eigenvalue weighted by atomic mass is 9.82. The Morgan fingerprint density at radius 1 is 1.11 bits per heavy atom. The Hall–Kier alpha value is -1.72. The number of hydrogen-bond donors (Lipinski definition) is 0. The van der Waals surface area contributed by atoms with Crippen molar-refractivity contribution in [2.24, 2.45) is 0 Å². The summed E-state index contributed by atoms with van der Waals surface area (Å²) in [6.45, 7) is 10.4. The van der Waals surface area contributed by atoms with E-state index in [4.69, 9.17) is 0 Å². The van der Waals surface area contributed by atoms with Crippen LogP contribution in [0.2, 0.25) is 0 Å². The SMILES string of the molecule is C=C1CC(=C)c2c(P=O)ccc3c(C)ccc1c23. The van der Waals surface area contributed by atoms with Crippen LogP contribution < -0.4 is 5.30 Å². The highest BCUT2D eigenvalue weighted by molar-refractivity contribution is 7.34. The highest BCUT2D eigenvalue weighted by Crippen LogP contribution is 2.41. The Labute approximate surface area is 108 Å². The van der Waals surface area contributed by atoms with E-state index < -0.39 is 0 Å². The quantitative estimate of drug-likeness (QED) is 0.683. The zero-order chi connectivity index (χ0) is 12.9. The predicted octanol–water partition coefficient (Wildman–Crippen LogP) is 4.50. The van der Waals surface area contributed by atoms with E-state index in [-0.39, 0.29) is 8.46 Å². The number of allylic oxidation sites excluding steroid dienone is 2. The average Bonchev–Trinajstić information content (AvgIpc) is 2.36. The number of rotatable bonds is 1. The minimum atomic E-state index is 0.0557. The molecule has 0 fully saturated rings. The van der Waals surface area contributed by atoms with Crippen LogP contribution in [-0.4, -0.2) is 0 Å². The Kier molecular flexibility index (Phi) is 2.46. The lowest BCUT2D eigenvalue weighted by Gasteiger charge is -2.23. The van der Waals surface area contributed by atoms with E-state index >= 15 is 0 Å². The van der Waals surface area contributed by atoms with Crippen molar-refractivity contribution >= 4 is 35.7 Å². The molecule has 0 bridgehead atoms. The Bertz CT molecular complexity index is 725. The van der Waals surface area contributed by atoms with Crippen LogP contribution in [0.3, 0.4) is 0 Å². The van der Waals surface area contributed by atoms with E-state index in [2.05, 4.69) is 32.2 Å². The third-order valence-corrected chi connectivity index (χ3v) is 4.21. The van der Waals surface area contributed by atoms with Gasteiger partial charge in [-0.3, -0.25) is 4.57 Å². The molecule has 88 valence electrons. The van der Waals surface area contributed by atoms with Gasteiger partial charge in [-0.05, 0) is 52.5 Å². The third kappa shape index (κ3) is 1.41. The van der Waals surface area contributed by atoms with Gasteiger partial charge >= 0.3 is 0 Å². The fourth-order valence-electron chi connectivity index (χ4n) is 2.75. The summed E-state index contributed by atoms with van der Waals surface area (Å²) in [5.41, 5.74) is 5.56. The molecule has 2 aromatic rings. The van der Waals surface area contributed by atoms with Crippen molar-refractivity contribution in [2.45, 2.75) is 13.3 Å². The van der Waals surface area contributed by atoms with Crippen LogP contribution in [0.4, 0.5) is 0 Å². The Balaban J connectivity index is 2.60. The molecule has 2 aromatic carbocycles. The zero-order valence-corrected chi connectivity index (χ0v) is 11.2. The molecule has 1 nitrogen and oxygen atoms in total. The van der Waals surface area contributed by atoms with Gasteiger partial charge in [-0.15, -0.1) is 0 Å². The maximum absolute atomic E-state index is 11.3. The molecule has 1 aliphatic rings. The van der Waals surface area contributed by atoms with Crippen molar-refractivity contribution in [1.82, 2.24) is 0 Å². The van der Waals surface area contributed by atoms with Crippen molar-refractivity contribution in [2.75, 3.05) is 0 Å². The van der Waals surface area contributed by atoms with E-state index in [1.807, 2.05) is 12.1 Å². The molecular weight excluding hydrogens is 239 g/mol. The molecule has 0 aromatic heterocycles. The summed E-state index contributed by atoms with van der Waals surface area (Å²) in [7, 11) is 0.0557. The van der Waals surface area contributed by atoms with Crippen LogP contribution >= 0.6 is 8.46 Å². The maximum atomic E-state index is 11.3. The maximum Gasteiger partial charge on any atom is 0.192 e. The molecule has 0 saturated heterocycles. The molecule has 0 saturated carbocycles. The molecule has 0 atom stereocenters. The summed E-state index contributed by atoms with van der Waals surface area (Å²) >= 11 is 0. The molecule has 0 amide bonds. The second-order valence-corrected chi connectivity index (χ2v) is 5.45. The molecule has 3 rings (SSSR count). The van der Waals surface area contributed by atoms with Gasteiger partial charge in [-0.25, -0.2) is 0 Å². The van der Waals surface area contributed by atoms with E-state index in [0.717, 1.165) is 33.8 Å². The van der Waals surface area contributed by atoms with Crippen LogP contribution in [0.5, 0.6) is 0 Å². The van der Waals surface area contributed by atoms with Gasteiger partial charge in [-0.2, -0.15) is 0 Å². The molecule has 0 N–H and O–H groups in total. The summed E-state index contributed by atoms with van der Waals surface area (Å²) in [6, 6.07) is 8.21. The van der Waals surface area contributed by atoms with Crippen LogP contribution in [0.25, 0.3) is 21.9 Å². The highest BCUT2D eigenvalue weighted by Gasteiger charge is 2.21. The van der Waals surface area contributed by atoms with Crippen molar-refractivity contribution in [3.8, 4) is 0 Å². The highest BCUT2D eigenvalue weighted by atomic mass is 31.1. The molecule has 2 heteroatoms. The van der Waals surface area contributed by atoms with E-state index in [9.17, 15) is 4.57 Å². The summed E-state index contributed by atoms with van der Waals surface area (Å²) in [4.78, 5) is 0. The lowest BCUT2D eigenvalue weighted by molar-refractivity contribution is 0.603. The lowest BCUT2D eigenvalue weighted by Crippen LogP contribution is -2.09. The monoisotopic (exact) mass is 252 g/mol. The summed E-state index contributed by atoms with van der Waals surface area (Å²) < 4.78 is 11.3. The summed E-state index contributed by atoms with van der Waals surface area (Å²) in [6.07, 6.45) is 0.762. The van der Waals surface area contributed by atoms with Gasteiger partial charge in [0.25, 0.3) is 0 Å². The first-order valence-electron chi connectivity index (χ1n) is 5.89. The van der Waals surface area contributed by atoms with Crippen molar-refractivity contribution in [1.29, 1.82) is 0 Å². The zero-order valence-electron chi connectivity index (χ0n) is 10.3.